The van der Waals surface area contributed by atoms with Crippen LogP contribution in [-0.4, -0.2) is 15.6 Å². The van der Waals surface area contributed by atoms with E-state index in [0.717, 1.165) is 16.5 Å². The summed E-state index contributed by atoms with van der Waals surface area (Å²) in [5.74, 6) is -0.0126. The summed E-state index contributed by atoms with van der Waals surface area (Å²) in [6.45, 7) is 0. The van der Waals surface area contributed by atoms with E-state index in [0.29, 0.717) is 5.56 Å². The summed E-state index contributed by atoms with van der Waals surface area (Å²) in [6, 6.07) is 15.6. The lowest BCUT2D eigenvalue weighted by atomic mass is 10.0. The fourth-order valence-electron chi connectivity index (χ4n) is 2.12. The zero-order valence-electron chi connectivity index (χ0n) is 11.2. The molecule has 0 fully saturated rings. The Kier molecular flexibility index (Phi) is 3.17. The van der Waals surface area contributed by atoms with Gasteiger partial charge in [0.15, 0.2) is 5.78 Å². The molecule has 3 rings (SSSR count). The molecular weight excluding hydrogens is 248 g/mol. The Labute approximate surface area is 117 Å². The van der Waals surface area contributed by atoms with Crippen molar-refractivity contribution in [3.05, 3.63) is 72.1 Å². The second-order valence-corrected chi connectivity index (χ2v) is 4.67. The smallest absolute Gasteiger partial charge is 0.185 e. The van der Waals surface area contributed by atoms with Crippen molar-refractivity contribution in [2.75, 3.05) is 0 Å². The molecule has 3 aromatic rings. The van der Waals surface area contributed by atoms with E-state index < -0.39 is 0 Å². The Morgan fingerprint density at radius 1 is 1.10 bits per heavy atom. The van der Waals surface area contributed by atoms with Gasteiger partial charge in [0.05, 0.1) is 5.69 Å². The van der Waals surface area contributed by atoms with Gasteiger partial charge in [-0.1, -0.05) is 36.4 Å². The average Bonchev–Trinajstić information content (AvgIpc) is 2.90. The van der Waals surface area contributed by atoms with Gasteiger partial charge in [-0.05, 0) is 35.1 Å². The predicted molar refractivity (Wildman–Crippen MR) is 80.5 cm³/mol. The highest BCUT2D eigenvalue weighted by Crippen LogP contribution is 2.16. The molecule has 0 N–H and O–H groups in total. The summed E-state index contributed by atoms with van der Waals surface area (Å²) in [6.07, 6.45) is 5.14. The first kappa shape index (κ1) is 12.4. The number of carbonyl (C=O) groups excluding carboxylic acids is 1. The summed E-state index contributed by atoms with van der Waals surface area (Å²) in [7, 11) is 1.85. The van der Waals surface area contributed by atoms with Crippen LogP contribution >= 0.6 is 0 Å². The summed E-state index contributed by atoms with van der Waals surface area (Å²) in [5, 5.41) is 6.41. The van der Waals surface area contributed by atoms with E-state index in [2.05, 4.69) is 5.10 Å². The molecule has 1 aromatic heterocycles. The van der Waals surface area contributed by atoms with Gasteiger partial charge in [0, 0.05) is 18.8 Å². The molecule has 3 heteroatoms. The van der Waals surface area contributed by atoms with E-state index in [1.54, 1.807) is 16.8 Å². The van der Waals surface area contributed by atoms with Crippen LogP contribution in [0, 0.1) is 0 Å². The molecule has 0 unspecified atom stereocenters. The van der Waals surface area contributed by atoms with Crippen molar-refractivity contribution in [1.82, 2.24) is 9.78 Å². The minimum Gasteiger partial charge on any atom is -0.289 e. The SMILES string of the molecule is Cn1ccc(/C=C/C(=O)c2ccc3ccccc3c2)n1. The molecule has 3 nitrogen and oxygen atoms in total. The number of hydrogen-bond acceptors (Lipinski definition) is 2. The van der Waals surface area contributed by atoms with Crippen LogP contribution < -0.4 is 0 Å². The molecule has 0 saturated carbocycles. The van der Waals surface area contributed by atoms with Crippen molar-refractivity contribution >= 4 is 22.6 Å². The van der Waals surface area contributed by atoms with Gasteiger partial charge in [0.25, 0.3) is 0 Å². The number of benzene rings is 2. The molecule has 0 aliphatic carbocycles. The number of aryl methyl sites for hydroxylation is 1. The van der Waals surface area contributed by atoms with Crippen molar-refractivity contribution in [3.8, 4) is 0 Å². The Bertz CT molecular complexity index is 799. The Balaban J connectivity index is 1.86. The second-order valence-electron chi connectivity index (χ2n) is 4.67. The maximum atomic E-state index is 12.1. The van der Waals surface area contributed by atoms with Gasteiger partial charge in [-0.2, -0.15) is 5.10 Å². The van der Waals surface area contributed by atoms with E-state index in [4.69, 9.17) is 0 Å². The van der Waals surface area contributed by atoms with Crippen molar-refractivity contribution in [2.24, 2.45) is 7.05 Å². The monoisotopic (exact) mass is 262 g/mol. The van der Waals surface area contributed by atoms with Gasteiger partial charge >= 0.3 is 0 Å². The molecule has 0 atom stereocenters. The van der Waals surface area contributed by atoms with Crippen LogP contribution in [0.3, 0.4) is 0 Å². The molecule has 20 heavy (non-hydrogen) atoms. The first-order chi connectivity index (χ1) is 9.72. The van der Waals surface area contributed by atoms with Crippen LogP contribution in [0.1, 0.15) is 16.1 Å². The van der Waals surface area contributed by atoms with Crippen molar-refractivity contribution in [3.63, 3.8) is 0 Å². The molecule has 98 valence electrons. The number of aromatic nitrogens is 2. The molecule has 0 spiro atoms. The number of ketones is 1. The van der Waals surface area contributed by atoms with Crippen molar-refractivity contribution < 1.29 is 4.79 Å². The maximum Gasteiger partial charge on any atom is 0.185 e. The van der Waals surface area contributed by atoms with E-state index in [1.165, 1.54) is 0 Å². The summed E-state index contributed by atoms with van der Waals surface area (Å²) in [4.78, 5) is 12.1. The zero-order valence-corrected chi connectivity index (χ0v) is 11.2. The van der Waals surface area contributed by atoms with Crippen molar-refractivity contribution in [1.29, 1.82) is 0 Å². The van der Waals surface area contributed by atoms with Gasteiger partial charge < -0.3 is 0 Å². The first-order valence-electron chi connectivity index (χ1n) is 6.43. The second kappa shape index (κ2) is 5.13. The van der Waals surface area contributed by atoms with Gasteiger partial charge in [-0.15, -0.1) is 0 Å². The van der Waals surface area contributed by atoms with Crippen molar-refractivity contribution in [2.45, 2.75) is 0 Å². The molecule has 0 aliphatic heterocycles. The molecule has 0 saturated heterocycles. The molecule has 1 heterocycles. The number of nitrogens with zero attached hydrogens (tertiary/aromatic N) is 2. The average molecular weight is 262 g/mol. The largest absolute Gasteiger partial charge is 0.289 e. The van der Waals surface area contributed by atoms with Crippen LogP contribution in [-0.2, 0) is 7.05 Å². The topological polar surface area (TPSA) is 34.9 Å². The third-order valence-corrected chi connectivity index (χ3v) is 3.17. The number of carbonyl (C=O) groups is 1. The van der Waals surface area contributed by atoms with Crippen LogP contribution in [0.4, 0.5) is 0 Å². The predicted octanol–water partition coefficient (Wildman–Crippen LogP) is 3.47. The molecule has 0 radical (unpaired) electrons. The normalized spacial score (nSPS) is 11.2. The van der Waals surface area contributed by atoms with Crippen LogP contribution in [0.25, 0.3) is 16.8 Å². The minimum atomic E-state index is -0.0126. The van der Waals surface area contributed by atoms with Gasteiger partial charge in [-0.25, -0.2) is 0 Å². The molecule has 0 amide bonds. The lowest BCUT2D eigenvalue weighted by Crippen LogP contribution is -1.94. The molecule has 2 aromatic carbocycles. The summed E-state index contributed by atoms with van der Waals surface area (Å²) in [5.41, 5.74) is 1.47. The number of rotatable bonds is 3. The summed E-state index contributed by atoms with van der Waals surface area (Å²) >= 11 is 0. The Hall–Kier alpha value is -2.68. The highest BCUT2D eigenvalue weighted by molar-refractivity contribution is 6.08. The van der Waals surface area contributed by atoms with Crippen LogP contribution in [0.5, 0.6) is 0 Å². The van der Waals surface area contributed by atoms with Crippen LogP contribution in [0.15, 0.2) is 60.8 Å². The van der Waals surface area contributed by atoms with Gasteiger partial charge in [0.1, 0.15) is 0 Å². The first-order valence-corrected chi connectivity index (χ1v) is 6.43. The number of allylic oxidation sites excluding steroid dienone is 1. The standard InChI is InChI=1S/C17H14N2O/c1-19-11-10-16(18-19)8-9-17(20)15-7-6-13-4-2-3-5-14(13)12-15/h2-12H,1H3/b9-8+. The van der Waals surface area contributed by atoms with E-state index in [1.807, 2.05) is 61.8 Å². The third-order valence-electron chi connectivity index (χ3n) is 3.17. The molecular formula is C17H14N2O. The third kappa shape index (κ3) is 2.52. The highest BCUT2D eigenvalue weighted by Gasteiger charge is 2.03. The Morgan fingerprint density at radius 3 is 2.65 bits per heavy atom. The quantitative estimate of drug-likeness (QED) is 0.535. The Morgan fingerprint density at radius 2 is 1.90 bits per heavy atom. The minimum absolute atomic E-state index is 0.0126. The zero-order chi connectivity index (χ0) is 13.9. The fourth-order valence-corrected chi connectivity index (χ4v) is 2.12. The number of fused-ring (bicyclic) bond motifs is 1. The van der Waals surface area contributed by atoms with E-state index in [9.17, 15) is 4.79 Å². The molecule has 0 bridgehead atoms. The van der Waals surface area contributed by atoms with Gasteiger partial charge in [0.2, 0.25) is 0 Å². The highest BCUT2D eigenvalue weighted by atomic mass is 16.1. The lowest BCUT2D eigenvalue weighted by molar-refractivity contribution is 0.104. The summed E-state index contributed by atoms with van der Waals surface area (Å²) < 4.78 is 1.71. The van der Waals surface area contributed by atoms with E-state index >= 15 is 0 Å². The maximum absolute atomic E-state index is 12.1. The number of hydrogen-bond donors (Lipinski definition) is 0. The fraction of sp³-hybridized carbons (Fsp3) is 0.0588. The lowest BCUT2D eigenvalue weighted by Gasteiger charge is -2.00. The molecule has 0 aliphatic rings. The van der Waals surface area contributed by atoms with Crippen LogP contribution in [0.2, 0.25) is 0 Å². The van der Waals surface area contributed by atoms with Gasteiger partial charge in [-0.3, -0.25) is 9.48 Å². The van der Waals surface area contributed by atoms with E-state index in [-0.39, 0.29) is 5.78 Å².